The molecule has 4 aromatic rings. The van der Waals surface area contributed by atoms with E-state index in [1.807, 2.05) is 30.3 Å². The van der Waals surface area contributed by atoms with Gasteiger partial charge in [-0.2, -0.15) is 0 Å². The number of benzene rings is 4. The molecule has 0 bridgehead atoms. The van der Waals surface area contributed by atoms with E-state index < -0.39 is 23.8 Å². The molecular formula is C45H48N4O6. The fourth-order valence-corrected chi connectivity index (χ4v) is 8.02. The summed E-state index contributed by atoms with van der Waals surface area (Å²) in [4.78, 5) is 53.5. The molecule has 7 rings (SSSR count). The molecule has 1 unspecified atom stereocenters. The van der Waals surface area contributed by atoms with Crippen LogP contribution in [0.25, 0.3) is 11.1 Å². The lowest BCUT2D eigenvalue weighted by molar-refractivity contribution is -0.136. The van der Waals surface area contributed by atoms with Crippen molar-refractivity contribution in [3.05, 3.63) is 125 Å². The Hall–Kier alpha value is -5.74. The first-order valence-corrected chi connectivity index (χ1v) is 19.4. The van der Waals surface area contributed by atoms with Crippen molar-refractivity contribution >= 4 is 40.5 Å². The molecule has 0 saturated carbocycles. The van der Waals surface area contributed by atoms with Crippen molar-refractivity contribution in [2.24, 2.45) is 5.92 Å². The summed E-state index contributed by atoms with van der Waals surface area (Å²) in [5, 5.41) is 15.6. The molecule has 3 heterocycles. The molecule has 1 atom stereocenters. The third kappa shape index (κ3) is 8.65. The van der Waals surface area contributed by atoms with Gasteiger partial charge in [-0.05, 0) is 128 Å². The van der Waals surface area contributed by atoms with Gasteiger partial charge in [0.25, 0.3) is 11.8 Å². The predicted molar refractivity (Wildman–Crippen MR) is 213 cm³/mol. The third-order valence-corrected chi connectivity index (χ3v) is 11.0. The van der Waals surface area contributed by atoms with Crippen LogP contribution >= 0.6 is 0 Å². The highest BCUT2D eigenvalue weighted by atomic mass is 16.5. The van der Waals surface area contributed by atoms with E-state index >= 15 is 0 Å². The average Bonchev–Trinajstić information content (AvgIpc) is 3.45. The van der Waals surface area contributed by atoms with Crippen LogP contribution in [0, 0.1) is 5.92 Å². The Kier molecular flexibility index (Phi) is 11.7. The number of nitrogens with zero attached hydrogens (tertiary/aromatic N) is 2. The zero-order valence-corrected chi connectivity index (χ0v) is 31.3. The molecule has 0 spiro atoms. The highest BCUT2D eigenvalue weighted by Crippen LogP contribution is 2.36. The SMILES string of the molecule is CC/C(=C(\c1ccc(O)cc1)c1ccc(OCCN2CCC(CCCNc3ccc4c(c3)C(=O)N(C3CCC(=O)NC3=O)C4=O)CC2)cc1)c1ccccc1. The molecule has 284 valence electrons. The quantitative estimate of drug-likeness (QED) is 0.0707. The average molecular weight is 741 g/mol. The summed E-state index contributed by atoms with van der Waals surface area (Å²) in [5.41, 5.74) is 7.08. The summed E-state index contributed by atoms with van der Waals surface area (Å²) in [7, 11) is 0. The van der Waals surface area contributed by atoms with Gasteiger partial charge in [0.1, 0.15) is 24.1 Å². The molecule has 0 aliphatic carbocycles. The number of nitrogens with one attached hydrogen (secondary N) is 2. The van der Waals surface area contributed by atoms with Crippen LogP contribution in [0.2, 0.25) is 0 Å². The summed E-state index contributed by atoms with van der Waals surface area (Å²) in [5.74, 6) is -0.227. The first kappa shape index (κ1) is 37.6. The van der Waals surface area contributed by atoms with E-state index in [-0.39, 0.29) is 35.6 Å². The monoisotopic (exact) mass is 740 g/mol. The number of imide groups is 2. The third-order valence-electron chi connectivity index (χ3n) is 11.0. The number of likely N-dealkylation sites (tertiary alicyclic amines) is 1. The second kappa shape index (κ2) is 17.2. The molecule has 3 aliphatic heterocycles. The molecule has 55 heavy (non-hydrogen) atoms. The van der Waals surface area contributed by atoms with Crippen molar-refractivity contribution in [3.8, 4) is 11.5 Å². The number of phenolic OH excluding ortho intramolecular Hbond substituents is 1. The Morgan fingerprint density at radius 3 is 2.20 bits per heavy atom. The van der Waals surface area contributed by atoms with E-state index in [0.29, 0.717) is 12.5 Å². The molecule has 3 N–H and O–H groups in total. The smallest absolute Gasteiger partial charge is 0.262 e. The Labute approximate surface area is 322 Å². The summed E-state index contributed by atoms with van der Waals surface area (Å²) in [6.45, 7) is 6.52. The number of hydrogen-bond acceptors (Lipinski definition) is 8. The van der Waals surface area contributed by atoms with Crippen LogP contribution in [-0.4, -0.2) is 77.4 Å². The van der Waals surface area contributed by atoms with Gasteiger partial charge in [0.2, 0.25) is 11.8 Å². The normalized spacial score (nSPS) is 18.2. The maximum atomic E-state index is 13.1. The van der Waals surface area contributed by atoms with Crippen molar-refractivity contribution in [2.45, 2.75) is 57.9 Å². The Balaban J connectivity index is 0.845. The van der Waals surface area contributed by atoms with Gasteiger partial charge in [0, 0.05) is 25.2 Å². The number of ether oxygens (including phenoxy) is 1. The zero-order chi connectivity index (χ0) is 38.3. The van der Waals surface area contributed by atoms with E-state index in [0.717, 1.165) is 91.3 Å². The molecule has 2 fully saturated rings. The van der Waals surface area contributed by atoms with Crippen LogP contribution < -0.4 is 15.4 Å². The highest BCUT2D eigenvalue weighted by molar-refractivity contribution is 6.23. The van der Waals surface area contributed by atoms with Crippen LogP contribution in [0.15, 0.2) is 97.1 Å². The maximum absolute atomic E-state index is 13.1. The van der Waals surface area contributed by atoms with Gasteiger partial charge in [-0.25, -0.2) is 0 Å². The zero-order valence-electron chi connectivity index (χ0n) is 31.3. The number of piperidine rings is 2. The number of rotatable bonds is 14. The number of allylic oxidation sites excluding steroid dienone is 1. The molecule has 4 amide bonds. The maximum Gasteiger partial charge on any atom is 0.262 e. The molecule has 4 aromatic carbocycles. The Morgan fingerprint density at radius 1 is 0.818 bits per heavy atom. The molecule has 10 nitrogen and oxygen atoms in total. The van der Waals surface area contributed by atoms with Gasteiger partial charge in [0.15, 0.2) is 0 Å². The summed E-state index contributed by atoms with van der Waals surface area (Å²) < 4.78 is 6.20. The number of carbonyl (C=O) groups is 4. The van der Waals surface area contributed by atoms with Crippen molar-refractivity contribution in [1.82, 2.24) is 15.1 Å². The first-order chi connectivity index (χ1) is 26.8. The molecule has 10 heteroatoms. The molecule has 2 saturated heterocycles. The van der Waals surface area contributed by atoms with E-state index in [1.54, 1.807) is 30.3 Å². The van der Waals surface area contributed by atoms with Crippen LogP contribution in [0.1, 0.15) is 89.3 Å². The fourth-order valence-electron chi connectivity index (χ4n) is 8.02. The number of amides is 4. The van der Waals surface area contributed by atoms with Gasteiger partial charge in [-0.15, -0.1) is 0 Å². The number of anilines is 1. The van der Waals surface area contributed by atoms with E-state index in [4.69, 9.17) is 4.74 Å². The molecule has 0 radical (unpaired) electrons. The summed E-state index contributed by atoms with van der Waals surface area (Å²) in [6.07, 6.45) is 5.50. The first-order valence-electron chi connectivity index (χ1n) is 19.4. The van der Waals surface area contributed by atoms with Crippen LogP contribution in [0.5, 0.6) is 11.5 Å². The lowest BCUT2D eigenvalue weighted by Crippen LogP contribution is -2.54. The lowest BCUT2D eigenvalue weighted by atomic mass is 9.88. The number of carbonyl (C=O) groups excluding carboxylic acids is 4. The minimum atomic E-state index is -0.965. The van der Waals surface area contributed by atoms with Crippen LogP contribution in [0.4, 0.5) is 5.69 Å². The largest absolute Gasteiger partial charge is 0.508 e. The van der Waals surface area contributed by atoms with E-state index in [9.17, 15) is 24.3 Å². The van der Waals surface area contributed by atoms with E-state index in [1.165, 1.54) is 11.1 Å². The topological polar surface area (TPSA) is 128 Å². The number of aromatic hydroxyl groups is 1. The van der Waals surface area contributed by atoms with Crippen LogP contribution in [-0.2, 0) is 9.59 Å². The van der Waals surface area contributed by atoms with Crippen molar-refractivity contribution < 1.29 is 29.0 Å². The van der Waals surface area contributed by atoms with Crippen molar-refractivity contribution in [2.75, 3.05) is 38.1 Å². The molecule has 3 aliphatic rings. The molecular weight excluding hydrogens is 693 g/mol. The second-order valence-electron chi connectivity index (χ2n) is 14.6. The van der Waals surface area contributed by atoms with Crippen molar-refractivity contribution in [3.63, 3.8) is 0 Å². The lowest BCUT2D eigenvalue weighted by Gasteiger charge is -2.31. The Bertz CT molecular complexity index is 2050. The van der Waals surface area contributed by atoms with Gasteiger partial charge < -0.3 is 15.2 Å². The standard InChI is InChI=1S/C45H48N4O6/c1-2-37(31-8-4-3-5-9-31)42(32-10-15-35(50)16-11-32)33-12-17-36(18-13-33)55-28-27-48-25-22-30(23-26-48)7-6-24-46-34-14-19-38-39(29-34)45(54)49(44(38)53)40-20-21-41(51)47-43(40)52/h3-5,8-19,29-30,40,46,50H,2,6-7,20-28H2,1H3,(H,47,51,52)/b42-37-. The highest BCUT2D eigenvalue weighted by Gasteiger charge is 2.44. The van der Waals surface area contributed by atoms with Gasteiger partial charge in [0.05, 0.1) is 11.1 Å². The number of phenols is 1. The second-order valence-corrected chi connectivity index (χ2v) is 14.6. The minimum absolute atomic E-state index is 0.0967. The van der Waals surface area contributed by atoms with Gasteiger partial charge in [-0.1, -0.05) is 61.5 Å². The predicted octanol–water partition coefficient (Wildman–Crippen LogP) is 7.15. The number of fused-ring (bicyclic) bond motifs is 1. The summed E-state index contributed by atoms with van der Waals surface area (Å²) in [6, 6.07) is 30.4. The molecule has 0 aromatic heterocycles. The summed E-state index contributed by atoms with van der Waals surface area (Å²) >= 11 is 0. The minimum Gasteiger partial charge on any atom is -0.508 e. The van der Waals surface area contributed by atoms with Gasteiger partial charge in [-0.3, -0.25) is 34.3 Å². The fraction of sp³-hybridized carbons (Fsp3) is 0.333. The van der Waals surface area contributed by atoms with Gasteiger partial charge >= 0.3 is 0 Å². The Morgan fingerprint density at radius 2 is 1.51 bits per heavy atom. The van der Waals surface area contributed by atoms with Crippen LogP contribution in [0.3, 0.4) is 0 Å². The van der Waals surface area contributed by atoms with E-state index in [2.05, 4.69) is 58.9 Å². The van der Waals surface area contributed by atoms with Crippen molar-refractivity contribution in [1.29, 1.82) is 0 Å². The number of hydrogen-bond donors (Lipinski definition) is 3.